The molecule has 4 N–H and O–H groups in total. The van der Waals surface area contributed by atoms with Gasteiger partial charge in [0, 0.05) is 5.69 Å². The van der Waals surface area contributed by atoms with Crippen LogP contribution < -0.4 is 16.4 Å². The highest BCUT2D eigenvalue weighted by molar-refractivity contribution is 7.99. The van der Waals surface area contributed by atoms with Gasteiger partial charge in [-0.3, -0.25) is 4.79 Å². The number of carbonyl (C=O) groups excluding carboxylic acids is 1. The Morgan fingerprint density at radius 2 is 1.71 bits per heavy atom. The molecule has 1 unspecified atom stereocenters. The van der Waals surface area contributed by atoms with E-state index in [1.807, 2.05) is 67.6 Å². The van der Waals surface area contributed by atoms with Crippen LogP contribution in [0.25, 0.3) is 0 Å². The first-order valence-corrected chi connectivity index (χ1v) is 10.00. The molecular formula is C20H22N6OS. The predicted octanol–water partition coefficient (Wildman–Crippen LogP) is 3.31. The van der Waals surface area contributed by atoms with Gasteiger partial charge in [0.15, 0.2) is 0 Å². The van der Waals surface area contributed by atoms with Gasteiger partial charge in [0.05, 0.1) is 17.5 Å². The van der Waals surface area contributed by atoms with Crippen LogP contribution in [0.1, 0.15) is 24.4 Å². The van der Waals surface area contributed by atoms with Crippen molar-refractivity contribution in [2.75, 3.05) is 16.8 Å². The minimum absolute atomic E-state index is 0.0361. The Balaban J connectivity index is 1.51. The van der Waals surface area contributed by atoms with E-state index in [0.29, 0.717) is 23.3 Å². The number of aromatic nitrogens is 3. The summed E-state index contributed by atoms with van der Waals surface area (Å²) < 4.78 is 0. The quantitative estimate of drug-likeness (QED) is 0.538. The molecule has 0 saturated carbocycles. The molecule has 0 aliphatic heterocycles. The lowest BCUT2D eigenvalue weighted by molar-refractivity contribution is -0.119. The summed E-state index contributed by atoms with van der Waals surface area (Å²) in [6.07, 6.45) is 0. The van der Waals surface area contributed by atoms with Gasteiger partial charge in [0.25, 0.3) is 0 Å². The zero-order valence-electron chi connectivity index (χ0n) is 15.5. The standard InChI is InChI=1S/C20H22N6OS/c1-14(15-8-4-2-5-9-15)22-18(27)13-28-12-17-24-19(21)26-20(25-17)23-16-10-6-3-7-11-16/h2-11,14H,12-13H2,1H3,(H,22,27)(H3,21,23,24,25,26). The number of hydrogen-bond acceptors (Lipinski definition) is 7. The van der Waals surface area contributed by atoms with Gasteiger partial charge in [-0.15, -0.1) is 11.8 Å². The van der Waals surface area contributed by atoms with Gasteiger partial charge in [-0.25, -0.2) is 0 Å². The van der Waals surface area contributed by atoms with Gasteiger partial charge in [-0.1, -0.05) is 48.5 Å². The third-order valence-electron chi connectivity index (χ3n) is 3.87. The van der Waals surface area contributed by atoms with Crippen LogP contribution in [0.15, 0.2) is 60.7 Å². The van der Waals surface area contributed by atoms with E-state index in [-0.39, 0.29) is 17.9 Å². The fourth-order valence-corrected chi connectivity index (χ4v) is 3.23. The van der Waals surface area contributed by atoms with E-state index >= 15 is 0 Å². The maximum atomic E-state index is 12.2. The van der Waals surface area contributed by atoms with Crippen molar-refractivity contribution in [3.8, 4) is 0 Å². The Bertz CT molecular complexity index is 907. The fourth-order valence-electron chi connectivity index (χ4n) is 2.55. The van der Waals surface area contributed by atoms with Crippen LogP contribution in [0.3, 0.4) is 0 Å². The second kappa shape index (κ2) is 9.70. The van der Waals surface area contributed by atoms with E-state index in [1.165, 1.54) is 11.8 Å². The van der Waals surface area contributed by atoms with Crippen molar-refractivity contribution in [2.24, 2.45) is 0 Å². The summed E-state index contributed by atoms with van der Waals surface area (Å²) in [5.41, 5.74) is 7.72. The highest BCUT2D eigenvalue weighted by atomic mass is 32.2. The minimum atomic E-state index is -0.0382. The molecule has 144 valence electrons. The number of anilines is 3. The number of rotatable bonds is 8. The Kier molecular flexibility index (Phi) is 6.80. The summed E-state index contributed by atoms with van der Waals surface area (Å²) in [7, 11) is 0. The van der Waals surface area contributed by atoms with Crippen LogP contribution in [0.4, 0.5) is 17.6 Å². The Labute approximate surface area is 168 Å². The molecule has 2 aromatic carbocycles. The molecule has 1 heterocycles. The molecule has 0 radical (unpaired) electrons. The van der Waals surface area contributed by atoms with E-state index in [2.05, 4.69) is 25.6 Å². The molecule has 1 atom stereocenters. The second-order valence-electron chi connectivity index (χ2n) is 6.12. The Hall–Kier alpha value is -3.13. The molecule has 3 aromatic rings. The largest absolute Gasteiger partial charge is 0.368 e. The van der Waals surface area contributed by atoms with Crippen molar-refractivity contribution in [1.82, 2.24) is 20.3 Å². The summed E-state index contributed by atoms with van der Waals surface area (Å²) in [5, 5.41) is 6.09. The van der Waals surface area contributed by atoms with Crippen LogP contribution in [0, 0.1) is 0 Å². The number of nitrogen functional groups attached to an aromatic ring is 1. The van der Waals surface area contributed by atoms with E-state index in [9.17, 15) is 4.79 Å². The molecule has 0 spiro atoms. The predicted molar refractivity (Wildman–Crippen MR) is 113 cm³/mol. The molecule has 1 aromatic heterocycles. The lowest BCUT2D eigenvalue weighted by Crippen LogP contribution is -2.28. The van der Waals surface area contributed by atoms with Crippen molar-refractivity contribution < 1.29 is 4.79 Å². The minimum Gasteiger partial charge on any atom is -0.368 e. The SMILES string of the molecule is CC(NC(=O)CSCc1nc(N)nc(Nc2ccccc2)n1)c1ccccc1. The van der Waals surface area contributed by atoms with Crippen LogP contribution in [-0.4, -0.2) is 26.6 Å². The summed E-state index contributed by atoms with van der Waals surface area (Å²) >= 11 is 1.43. The van der Waals surface area contributed by atoms with E-state index in [0.717, 1.165) is 11.3 Å². The van der Waals surface area contributed by atoms with Crippen LogP contribution in [0.2, 0.25) is 0 Å². The Morgan fingerprint density at radius 3 is 2.43 bits per heavy atom. The molecule has 0 saturated heterocycles. The zero-order chi connectivity index (χ0) is 19.8. The lowest BCUT2D eigenvalue weighted by Gasteiger charge is -2.14. The van der Waals surface area contributed by atoms with Gasteiger partial charge >= 0.3 is 0 Å². The first kappa shape index (κ1) is 19.6. The normalized spacial score (nSPS) is 11.6. The van der Waals surface area contributed by atoms with Gasteiger partial charge in [0.2, 0.25) is 17.8 Å². The van der Waals surface area contributed by atoms with Gasteiger partial charge < -0.3 is 16.4 Å². The molecule has 28 heavy (non-hydrogen) atoms. The Morgan fingerprint density at radius 1 is 1.04 bits per heavy atom. The fraction of sp³-hybridized carbons (Fsp3) is 0.200. The number of benzene rings is 2. The second-order valence-corrected chi connectivity index (χ2v) is 7.10. The van der Waals surface area contributed by atoms with E-state index in [4.69, 9.17) is 5.73 Å². The van der Waals surface area contributed by atoms with E-state index in [1.54, 1.807) is 0 Å². The average Bonchev–Trinajstić information content (AvgIpc) is 2.69. The number of thioether (sulfide) groups is 1. The molecule has 3 rings (SSSR count). The lowest BCUT2D eigenvalue weighted by atomic mass is 10.1. The molecule has 0 aliphatic carbocycles. The number of nitrogens with zero attached hydrogens (tertiary/aromatic N) is 3. The molecule has 7 nitrogen and oxygen atoms in total. The first-order valence-electron chi connectivity index (χ1n) is 8.84. The first-order chi connectivity index (χ1) is 13.6. The number of amides is 1. The number of para-hydroxylation sites is 1. The van der Waals surface area contributed by atoms with Crippen molar-refractivity contribution in [3.63, 3.8) is 0 Å². The maximum Gasteiger partial charge on any atom is 0.232 e. The smallest absolute Gasteiger partial charge is 0.232 e. The zero-order valence-corrected chi connectivity index (χ0v) is 16.3. The molecule has 0 fully saturated rings. The monoisotopic (exact) mass is 394 g/mol. The molecule has 0 aliphatic rings. The highest BCUT2D eigenvalue weighted by Gasteiger charge is 2.10. The van der Waals surface area contributed by atoms with Crippen molar-refractivity contribution in [1.29, 1.82) is 0 Å². The van der Waals surface area contributed by atoms with Crippen LogP contribution in [0.5, 0.6) is 0 Å². The average molecular weight is 395 g/mol. The summed E-state index contributed by atoms with van der Waals surface area (Å²) in [6.45, 7) is 1.96. The van der Waals surface area contributed by atoms with Crippen LogP contribution in [-0.2, 0) is 10.5 Å². The van der Waals surface area contributed by atoms with Gasteiger partial charge in [0.1, 0.15) is 5.82 Å². The van der Waals surface area contributed by atoms with Gasteiger partial charge in [-0.05, 0) is 24.6 Å². The summed E-state index contributed by atoms with van der Waals surface area (Å²) in [5.74, 6) is 1.79. The van der Waals surface area contributed by atoms with Crippen molar-refractivity contribution in [3.05, 3.63) is 72.1 Å². The third kappa shape index (κ3) is 5.95. The number of nitrogens with one attached hydrogen (secondary N) is 2. The third-order valence-corrected chi connectivity index (χ3v) is 4.80. The number of carbonyl (C=O) groups is 1. The van der Waals surface area contributed by atoms with Crippen LogP contribution >= 0.6 is 11.8 Å². The molecule has 8 heteroatoms. The highest BCUT2D eigenvalue weighted by Crippen LogP contribution is 2.16. The number of nitrogens with two attached hydrogens (primary N) is 1. The topological polar surface area (TPSA) is 106 Å². The number of hydrogen-bond donors (Lipinski definition) is 3. The molecule has 1 amide bonds. The molecule has 0 bridgehead atoms. The summed E-state index contributed by atoms with van der Waals surface area (Å²) in [6, 6.07) is 19.4. The van der Waals surface area contributed by atoms with Crippen molar-refractivity contribution >= 4 is 35.3 Å². The summed E-state index contributed by atoms with van der Waals surface area (Å²) in [4.78, 5) is 24.8. The molecular weight excluding hydrogens is 372 g/mol. The van der Waals surface area contributed by atoms with E-state index < -0.39 is 0 Å². The van der Waals surface area contributed by atoms with Gasteiger partial charge in [-0.2, -0.15) is 15.0 Å². The van der Waals surface area contributed by atoms with Crippen molar-refractivity contribution in [2.45, 2.75) is 18.7 Å². The maximum absolute atomic E-state index is 12.2.